The second-order valence-electron chi connectivity index (χ2n) is 8.42. The molecule has 4 bridgehead atoms. The van der Waals surface area contributed by atoms with E-state index in [0.717, 1.165) is 29.8 Å². The van der Waals surface area contributed by atoms with Crippen molar-refractivity contribution in [3.63, 3.8) is 0 Å². The summed E-state index contributed by atoms with van der Waals surface area (Å²) in [6, 6.07) is 1.51. The van der Waals surface area contributed by atoms with Crippen molar-refractivity contribution in [1.82, 2.24) is 5.32 Å². The molecule has 0 aliphatic heterocycles. The lowest BCUT2D eigenvalue weighted by Crippen LogP contribution is -2.56. The van der Waals surface area contributed by atoms with E-state index in [2.05, 4.69) is 26.1 Å². The van der Waals surface area contributed by atoms with E-state index in [4.69, 9.17) is 0 Å². The van der Waals surface area contributed by atoms with Crippen LogP contribution in [0.25, 0.3) is 0 Å². The zero-order chi connectivity index (χ0) is 14.2. The third-order valence-corrected chi connectivity index (χ3v) is 6.89. The van der Waals surface area contributed by atoms with Crippen molar-refractivity contribution in [3.05, 3.63) is 0 Å². The maximum atomic E-state index is 4.06. The van der Waals surface area contributed by atoms with Gasteiger partial charge >= 0.3 is 0 Å². The van der Waals surface area contributed by atoms with E-state index in [-0.39, 0.29) is 0 Å². The number of unbranched alkanes of at least 4 members (excludes halogenated alkanes) is 1. The summed E-state index contributed by atoms with van der Waals surface area (Å²) in [5.41, 5.74) is 0.675. The Kier molecular flexibility index (Phi) is 4.45. The molecule has 2 atom stereocenters. The van der Waals surface area contributed by atoms with E-state index in [9.17, 15) is 0 Å². The molecule has 0 amide bonds. The van der Waals surface area contributed by atoms with Gasteiger partial charge in [0.25, 0.3) is 0 Å². The molecule has 4 aliphatic carbocycles. The molecule has 4 fully saturated rings. The zero-order valence-electron chi connectivity index (χ0n) is 14.0. The maximum absolute atomic E-state index is 4.06. The molecular weight excluding hydrogens is 242 g/mol. The Morgan fingerprint density at radius 2 is 1.55 bits per heavy atom. The molecule has 0 aromatic rings. The van der Waals surface area contributed by atoms with Gasteiger partial charge in [-0.05, 0) is 81.5 Å². The minimum atomic E-state index is 0.675. The van der Waals surface area contributed by atoms with E-state index in [1.807, 2.05) is 0 Å². The van der Waals surface area contributed by atoms with E-state index in [1.165, 1.54) is 25.7 Å². The summed E-state index contributed by atoms with van der Waals surface area (Å²) in [5.74, 6) is 3.25. The van der Waals surface area contributed by atoms with Gasteiger partial charge in [-0.1, -0.05) is 26.7 Å². The third kappa shape index (κ3) is 2.80. The Morgan fingerprint density at radius 1 is 1.00 bits per heavy atom. The SMILES string of the molecule is CCCCC(CC)NC(C)C12CC3CC(CC(C3)C1)C2. The second-order valence-corrected chi connectivity index (χ2v) is 8.42. The van der Waals surface area contributed by atoms with Gasteiger partial charge in [0.15, 0.2) is 0 Å². The fraction of sp³-hybridized carbons (Fsp3) is 1.00. The van der Waals surface area contributed by atoms with Crippen LogP contribution >= 0.6 is 0 Å². The molecule has 4 rings (SSSR count). The smallest absolute Gasteiger partial charge is 0.00980 e. The standard InChI is InChI=1S/C19H35N/c1-4-6-7-18(5-2)20-14(3)19-11-15-8-16(12-19)10-17(9-15)13-19/h14-18,20H,4-13H2,1-3H3. The van der Waals surface area contributed by atoms with Crippen LogP contribution in [0.15, 0.2) is 0 Å². The Labute approximate surface area is 126 Å². The van der Waals surface area contributed by atoms with E-state index >= 15 is 0 Å². The van der Waals surface area contributed by atoms with Gasteiger partial charge in [-0.2, -0.15) is 0 Å². The van der Waals surface area contributed by atoms with Gasteiger partial charge < -0.3 is 5.32 Å². The molecule has 0 aromatic carbocycles. The van der Waals surface area contributed by atoms with Crippen molar-refractivity contribution in [3.8, 4) is 0 Å². The van der Waals surface area contributed by atoms with Crippen molar-refractivity contribution in [2.45, 2.75) is 97.1 Å². The normalized spacial score (nSPS) is 41.9. The van der Waals surface area contributed by atoms with Gasteiger partial charge in [0.2, 0.25) is 0 Å². The van der Waals surface area contributed by atoms with Gasteiger partial charge in [-0.3, -0.25) is 0 Å². The molecule has 20 heavy (non-hydrogen) atoms. The van der Waals surface area contributed by atoms with Crippen molar-refractivity contribution >= 4 is 0 Å². The highest BCUT2D eigenvalue weighted by Gasteiger charge is 2.53. The molecule has 0 heterocycles. The highest BCUT2D eigenvalue weighted by molar-refractivity contribution is 5.05. The average molecular weight is 277 g/mol. The first kappa shape index (κ1) is 14.9. The lowest BCUT2D eigenvalue weighted by atomic mass is 9.48. The summed E-state index contributed by atoms with van der Waals surface area (Å²) < 4.78 is 0. The van der Waals surface area contributed by atoms with Crippen molar-refractivity contribution < 1.29 is 0 Å². The number of hydrogen-bond donors (Lipinski definition) is 1. The predicted octanol–water partition coefficient (Wildman–Crippen LogP) is 5.15. The van der Waals surface area contributed by atoms with Gasteiger partial charge in [-0.25, -0.2) is 0 Å². The first-order valence-corrected chi connectivity index (χ1v) is 9.41. The lowest BCUT2D eigenvalue weighted by molar-refractivity contribution is -0.0723. The number of hydrogen-bond acceptors (Lipinski definition) is 1. The topological polar surface area (TPSA) is 12.0 Å². The largest absolute Gasteiger partial charge is 0.311 e. The Hall–Kier alpha value is -0.0400. The van der Waals surface area contributed by atoms with Crippen molar-refractivity contribution in [1.29, 1.82) is 0 Å². The summed E-state index contributed by atoms with van der Waals surface area (Å²) in [4.78, 5) is 0. The molecule has 0 spiro atoms. The molecule has 0 aromatic heterocycles. The fourth-order valence-electron chi connectivity index (χ4n) is 6.09. The number of nitrogens with one attached hydrogen (secondary N) is 1. The van der Waals surface area contributed by atoms with Crippen molar-refractivity contribution in [2.75, 3.05) is 0 Å². The second kappa shape index (κ2) is 5.99. The summed E-state index contributed by atoms with van der Waals surface area (Å²) >= 11 is 0. The van der Waals surface area contributed by atoms with E-state index in [0.29, 0.717) is 5.41 Å². The lowest BCUT2D eigenvalue weighted by Gasteiger charge is -2.59. The van der Waals surface area contributed by atoms with Crippen LogP contribution in [0.5, 0.6) is 0 Å². The van der Waals surface area contributed by atoms with Crippen molar-refractivity contribution in [2.24, 2.45) is 23.2 Å². The molecule has 1 heteroatoms. The Morgan fingerprint density at radius 3 is 2.00 bits per heavy atom. The minimum Gasteiger partial charge on any atom is -0.311 e. The van der Waals surface area contributed by atoms with Gasteiger partial charge in [0, 0.05) is 12.1 Å². The highest BCUT2D eigenvalue weighted by Crippen LogP contribution is 2.61. The van der Waals surface area contributed by atoms with E-state index < -0.39 is 0 Å². The maximum Gasteiger partial charge on any atom is 0.00980 e. The third-order valence-electron chi connectivity index (χ3n) is 6.89. The Balaban J connectivity index is 1.62. The molecule has 2 unspecified atom stereocenters. The summed E-state index contributed by atoms with van der Waals surface area (Å²) in [5, 5.41) is 4.06. The summed E-state index contributed by atoms with van der Waals surface area (Å²) in [6.07, 6.45) is 14.7. The van der Waals surface area contributed by atoms with E-state index in [1.54, 1.807) is 38.5 Å². The monoisotopic (exact) mass is 277 g/mol. The first-order chi connectivity index (χ1) is 9.65. The summed E-state index contributed by atoms with van der Waals surface area (Å²) in [7, 11) is 0. The van der Waals surface area contributed by atoms with Gasteiger partial charge in [-0.15, -0.1) is 0 Å². The highest BCUT2D eigenvalue weighted by atomic mass is 15.0. The minimum absolute atomic E-state index is 0.675. The van der Waals surface area contributed by atoms with Crippen LogP contribution < -0.4 is 5.32 Å². The van der Waals surface area contributed by atoms with Crippen LogP contribution in [0.1, 0.15) is 85.0 Å². The van der Waals surface area contributed by atoms with Crippen LogP contribution in [-0.4, -0.2) is 12.1 Å². The molecule has 4 saturated carbocycles. The van der Waals surface area contributed by atoms with Gasteiger partial charge in [0.1, 0.15) is 0 Å². The van der Waals surface area contributed by atoms with Crippen LogP contribution in [0.4, 0.5) is 0 Å². The van der Waals surface area contributed by atoms with Crippen LogP contribution in [0, 0.1) is 23.2 Å². The van der Waals surface area contributed by atoms with Crippen LogP contribution in [-0.2, 0) is 0 Å². The number of rotatable bonds is 7. The molecule has 116 valence electrons. The molecule has 1 N–H and O–H groups in total. The molecular formula is C19H35N. The van der Waals surface area contributed by atoms with Gasteiger partial charge in [0.05, 0.1) is 0 Å². The molecule has 0 saturated heterocycles. The Bertz CT molecular complexity index is 286. The molecule has 0 radical (unpaired) electrons. The first-order valence-electron chi connectivity index (χ1n) is 9.41. The summed E-state index contributed by atoms with van der Waals surface area (Å²) in [6.45, 7) is 7.19. The fourth-order valence-corrected chi connectivity index (χ4v) is 6.09. The molecule has 1 nitrogen and oxygen atoms in total. The predicted molar refractivity (Wildman–Crippen MR) is 86.8 cm³/mol. The molecule has 4 aliphatic rings. The van der Waals surface area contributed by atoms with Crippen LogP contribution in [0.3, 0.4) is 0 Å². The zero-order valence-corrected chi connectivity index (χ0v) is 14.0. The quantitative estimate of drug-likeness (QED) is 0.678. The van der Waals surface area contributed by atoms with Crippen LogP contribution in [0.2, 0.25) is 0 Å². The average Bonchev–Trinajstić information content (AvgIpc) is 2.41.